The van der Waals surface area contributed by atoms with Gasteiger partial charge in [-0.3, -0.25) is 0 Å². The van der Waals surface area contributed by atoms with Crippen LogP contribution in [0.5, 0.6) is 0 Å². The summed E-state index contributed by atoms with van der Waals surface area (Å²) >= 11 is 0. The Hall–Kier alpha value is -4.10. The molecule has 0 radical (unpaired) electrons. The van der Waals surface area contributed by atoms with Crippen molar-refractivity contribution < 1.29 is 0 Å². The minimum Gasteiger partial charge on any atom is -0.309 e. The van der Waals surface area contributed by atoms with Gasteiger partial charge in [0, 0.05) is 24.1 Å². The second kappa shape index (κ2) is 6.31. The summed E-state index contributed by atoms with van der Waals surface area (Å²) < 4.78 is 0. The average molecular weight is 446 g/mol. The summed E-state index contributed by atoms with van der Waals surface area (Å²) in [6.07, 6.45) is 4.10. The number of hydrogen-bond acceptors (Lipinski definition) is 1. The van der Waals surface area contributed by atoms with Crippen LogP contribution >= 0.6 is 0 Å². The molecule has 0 unspecified atom stereocenters. The second-order valence-electron chi connectivity index (χ2n) is 10.5. The van der Waals surface area contributed by atoms with Gasteiger partial charge < -0.3 is 4.90 Å². The summed E-state index contributed by atoms with van der Waals surface area (Å²) in [5, 5.41) is 0. The zero-order chi connectivity index (χ0) is 22.7. The fraction of sp³-hybridized carbons (Fsp3) is 0.118. The van der Waals surface area contributed by atoms with E-state index in [2.05, 4.69) is 95.9 Å². The molecule has 2 aliphatic heterocycles. The van der Waals surface area contributed by atoms with Crippen LogP contribution in [0.4, 0.5) is 17.1 Å². The number of fused-ring (bicyclic) bond motifs is 12. The van der Waals surface area contributed by atoms with Crippen LogP contribution < -0.4 is 4.90 Å². The van der Waals surface area contributed by atoms with E-state index in [1.165, 1.54) is 83.8 Å². The topological polar surface area (TPSA) is 3.24 Å². The Morgan fingerprint density at radius 1 is 0.429 bits per heavy atom. The van der Waals surface area contributed by atoms with Crippen LogP contribution in [-0.4, -0.2) is 0 Å². The van der Waals surface area contributed by atoms with Gasteiger partial charge in [0.1, 0.15) is 0 Å². The Morgan fingerprint density at radius 3 is 1.89 bits per heavy atom. The van der Waals surface area contributed by atoms with Crippen molar-refractivity contribution in [3.63, 3.8) is 0 Å². The Labute approximate surface area is 205 Å². The molecule has 0 N–H and O–H groups in total. The highest BCUT2D eigenvalue weighted by Crippen LogP contribution is 2.58. The molecule has 2 aliphatic carbocycles. The van der Waals surface area contributed by atoms with Crippen LogP contribution in [0.15, 0.2) is 91.0 Å². The molecule has 0 aromatic heterocycles. The summed E-state index contributed by atoms with van der Waals surface area (Å²) in [5.74, 6) is 0. The first-order valence-corrected chi connectivity index (χ1v) is 12.7. The molecule has 2 heterocycles. The lowest BCUT2D eigenvalue weighted by Crippen LogP contribution is -2.26. The van der Waals surface area contributed by atoms with Crippen molar-refractivity contribution in [3.8, 4) is 22.3 Å². The number of para-hydroxylation sites is 1. The van der Waals surface area contributed by atoms with E-state index in [1.54, 1.807) is 0 Å². The van der Waals surface area contributed by atoms with Gasteiger partial charge in [-0.15, -0.1) is 0 Å². The molecule has 1 heteroatoms. The molecule has 35 heavy (non-hydrogen) atoms. The van der Waals surface area contributed by atoms with E-state index in [0.717, 1.165) is 25.7 Å². The summed E-state index contributed by atoms with van der Waals surface area (Å²) in [4.78, 5) is 2.64. The highest BCUT2D eigenvalue weighted by molar-refractivity contribution is 6.01. The molecule has 4 aliphatic rings. The maximum atomic E-state index is 2.64. The van der Waals surface area contributed by atoms with Crippen molar-refractivity contribution in [2.45, 2.75) is 25.7 Å². The summed E-state index contributed by atoms with van der Waals surface area (Å²) in [5.41, 5.74) is 21.8. The van der Waals surface area contributed by atoms with Crippen molar-refractivity contribution in [2.75, 3.05) is 4.90 Å². The van der Waals surface area contributed by atoms with Gasteiger partial charge in [0.2, 0.25) is 0 Å². The molecule has 0 saturated heterocycles. The van der Waals surface area contributed by atoms with Gasteiger partial charge in [-0.1, -0.05) is 84.9 Å². The number of anilines is 3. The first kappa shape index (κ1) is 18.3. The third-order valence-electron chi connectivity index (χ3n) is 8.67. The lowest BCUT2D eigenvalue weighted by Gasteiger charge is -2.41. The lowest BCUT2D eigenvalue weighted by molar-refractivity contribution is 1.01. The standard InChI is InChI=1S/C34H23N/c1-4-10-27-21(8-1)16-25-18-26-17-24-14-13-23-15-20-7-2-5-11-28(20)32(23)34(24)35-30-12-6-3-9-22(30)19-29(31(25)27)33(26)35/h1-14,18H,15-17,19H2. The molecule has 9 rings (SSSR count). The molecule has 0 fully saturated rings. The van der Waals surface area contributed by atoms with Crippen molar-refractivity contribution in [1.82, 2.24) is 0 Å². The summed E-state index contributed by atoms with van der Waals surface area (Å²) in [6, 6.07) is 34.4. The number of hydrogen-bond donors (Lipinski definition) is 0. The van der Waals surface area contributed by atoms with Crippen molar-refractivity contribution in [3.05, 3.63) is 136 Å². The zero-order valence-corrected chi connectivity index (χ0v) is 19.4. The number of benzene rings is 5. The summed E-state index contributed by atoms with van der Waals surface area (Å²) in [6.45, 7) is 0. The van der Waals surface area contributed by atoms with E-state index in [9.17, 15) is 0 Å². The fourth-order valence-corrected chi connectivity index (χ4v) is 7.31. The van der Waals surface area contributed by atoms with E-state index in [-0.39, 0.29) is 0 Å². The van der Waals surface area contributed by atoms with Crippen molar-refractivity contribution in [2.24, 2.45) is 0 Å². The van der Waals surface area contributed by atoms with Crippen LogP contribution in [0, 0.1) is 0 Å². The highest BCUT2D eigenvalue weighted by Gasteiger charge is 2.38. The van der Waals surface area contributed by atoms with Gasteiger partial charge in [0.05, 0.1) is 11.4 Å². The molecule has 0 amide bonds. The number of rotatable bonds is 0. The molecule has 0 spiro atoms. The first-order chi connectivity index (χ1) is 17.3. The van der Waals surface area contributed by atoms with Gasteiger partial charge in [-0.2, -0.15) is 0 Å². The Kier molecular flexibility index (Phi) is 3.29. The minimum atomic E-state index is 1.01. The predicted octanol–water partition coefficient (Wildman–Crippen LogP) is 8.11. The zero-order valence-electron chi connectivity index (χ0n) is 19.4. The molecular formula is C34H23N. The van der Waals surface area contributed by atoms with Crippen LogP contribution in [0.3, 0.4) is 0 Å². The van der Waals surface area contributed by atoms with Crippen LogP contribution in [0.2, 0.25) is 0 Å². The van der Waals surface area contributed by atoms with Crippen molar-refractivity contribution in [1.29, 1.82) is 0 Å². The SMILES string of the molecule is c1ccc2c(c1)Cc1cc3c4c(c1-2)Cc1ccccc1N4c1c(ccc2c1-c1ccccc1C2)C3. The van der Waals surface area contributed by atoms with Gasteiger partial charge in [-0.25, -0.2) is 0 Å². The third-order valence-corrected chi connectivity index (χ3v) is 8.67. The smallest absolute Gasteiger partial charge is 0.0578 e. The maximum absolute atomic E-state index is 2.64. The quantitative estimate of drug-likeness (QED) is 0.228. The third kappa shape index (κ3) is 2.24. The Morgan fingerprint density at radius 2 is 1.06 bits per heavy atom. The van der Waals surface area contributed by atoms with Crippen LogP contribution in [0.1, 0.15) is 44.5 Å². The average Bonchev–Trinajstić information content (AvgIpc) is 3.46. The molecule has 0 saturated carbocycles. The fourth-order valence-electron chi connectivity index (χ4n) is 7.31. The van der Waals surface area contributed by atoms with Gasteiger partial charge in [0.15, 0.2) is 0 Å². The van der Waals surface area contributed by atoms with Gasteiger partial charge in [0.25, 0.3) is 0 Å². The van der Waals surface area contributed by atoms with E-state index >= 15 is 0 Å². The van der Waals surface area contributed by atoms with Gasteiger partial charge in [-0.05, 0) is 80.1 Å². The molecule has 5 aromatic rings. The molecular weight excluding hydrogens is 422 g/mol. The second-order valence-corrected chi connectivity index (χ2v) is 10.5. The normalized spacial score (nSPS) is 14.9. The number of nitrogens with zero attached hydrogens (tertiary/aromatic N) is 1. The van der Waals surface area contributed by atoms with Crippen LogP contribution in [0.25, 0.3) is 22.3 Å². The summed E-state index contributed by atoms with van der Waals surface area (Å²) in [7, 11) is 0. The Bertz CT molecular complexity index is 1760. The highest BCUT2D eigenvalue weighted by atomic mass is 15.2. The first-order valence-electron chi connectivity index (χ1n) is 12.7. The van der Waals surface area contributed by atoms with E-state index in [1.807, 2.05) is 0 Å². The largest absolute Gasteiger partial charge is 0.309 e. The van der Waals surface area contributed by atoms with E-state index in [4.69, 9.17) is 0 Å². The predicted molar refractivity (Wildman–Crippen MR) is 143 cm³/mol. The van der Waals surface area contributed by atoms with Gasteiger partial charge >= 0.3 is 0 Å². The van der Waals surface area contributed by atoms with E-state index in [0.29, 0.717) is 0 Å². The Balaban J connectivity index is 1.40. The van der Waals surface area contributed by atoms with Crippen molar-refractivity contribution >= 4 is 17.1 Å². The van der Waals surface area contributed by atoms with Crippen LogP contribution in [-0.2, 0) is 25.7 Å². The molecule has 5 aromatic carbocycles. The minimum absolute atomic E-state index is 1.01. The molecule has 164 valence electrons. The molecule has 1 nitrogen and oxygen atoms in total. The molecule has 0 atom stereocenters. The lowest BCUT2D eigenvalue weighted by atomic mass is 9.81. The monoisotopic (exact) mass is 445 g/mol. The van der Waals surface area contributed by atoms with E-state index < -0.39 is 0 Å². The maximum Gasteiger partial charge on any atom is 0.0578 e. The molecule has 0 bridgehead atoms.